The van der Waals surface area contributed by atoms with Crippen LogP contribution < -0.4 is 0 Å². The van der Waals surface area contributed by atoms with E-state index >= 15 is 0 Å². The molecule has 1 atom stereocenters. The summed E-state index contributed by atoms with van der Waals surface area (Å²) < 4.78 is 15.4. The van der Waals surface area contributed by atoms with Crippen LogP contribution in [0.5, 0.6) is 0 Å². The van der Waals surface area contributed by atoms with E-state index in [2.05, 4.69) is 32.3 Å². The minimum absolute atomic E-state index is 0.241. The van der Waals surface area contributed by atoms with Gasteiger partial charge in [-0.1, -0.05) is 23.4 Å². The molecule has 1 saturated heterocycles. The highest BCUT2D eigenvalue weighted by Crippen LogP contribution is 2.34. The van der Waals surface area contributed by atoms with E-state index in [0.29, 0.717) is 0 Å². The number of aromatic nitrogens is 4. The van der Waals surface area contributed by atoms with E-state index in [4.69, 9.17) is 0 Å². The summed E-state index contributed by atoms with van der Waals surface area (Å²) in [6.07, 6.45) is 7.81. The summed E-state index contributed by atoms with van der Waals surface area (Å²) in [7, 11) is 0. The number of fused-ring (bicyclic) bond motifs is 1. The van der Waals surface area contributed by atoms with Crippen molar-refractivity contribution >= 4 is 5.52 Å². The summed E-state index contributed by atoms with van der Waals surface area (Å²) in [6, 6.07) is 15.0. The van der Waals surface area contributed by atoms with Gasteiger partial charge >= 0.3 is 0 Å². The summed E-state index contributed by atoms with van der Waals surface area (Å²) in [4.78, 5) is 6.56. The second-order valence-corrected chi connectivity index (χ2v) is 7.22. The summed E-state index contributed by atoms with van der Waals surface area (Å²) in [5, 5.41) is 8.86. The summed E-state index contributed by atoms with van der Waals surface area (Å²) in [6.45, 7) is 1.93. The van der Waals surface area contributed by atoms with Gasteiger partial charge in [0.1, 0.15) is 11.5 Å². The van der Waals surface area contributed by atoms with Gasteiger partial charge in [0.25, 0.3) is 0 Å². The minimum Gasteiger partial charge on any atom is -0.290 e. The van der Waals surface area contributed by atoms with E-state index in [-0.39, 0.29) is 11.9 Å². The van der Waals surface area contributed by atoms with Crippen molar-refractivity contribution in [3.63, 3.8) is 0 Å². The summed E-state index contributed by atoms with van der Waals surface area (Å²) >= 11 is 0. The minimum atomic E-state index is -0.241. The van der Waals surface area contributed by atoms with Crippen molar-refractivity contribution in [2.75, 3.05) is 6.54 Å². The zero-order chi connectivity index (χ0) is 18.9. The van der Waals surface area contributed by atoms with Crippen LogP contribution in [0.2, 0.25) is 0 Å². The molecule has 140 valence electrons. The first-order valence-corrected chi connectivity index (χ1v) is 9.52. The maximum absolute atomic E-state index is 13.6. The molecule has 5 nitrogen and oxygen atoms in total. The largest absolute Gasteiger partial charge is 0.290 e. The molecule has 1 fully saturated rings. The van der Waals surface area contributed by atoms with Crippen molar-refractivity contribution in [2.45, 2.75) is 25.4 Å². The zero-order valence-corrected chi connectivity index (χ0v) is 15.4. The number of benzene rings is 1. The molecule has 4 heterocycles. The molecule has 4 aromatic rings. The maximum Gasteiger partial charge on any atom is 0.123 e. The van der Waals surface area contributed by atoms with Crippen molar-refractivity contribution < 1.29 is 4.39 Å². The number of hydrogen-bond acceptors (Lipinski definition) is 4. The highest BCUT2D eigenvalue weighted by atomic mass is 19.1. The van der Waals surface area contributed by atoms with Crippen LogP contribution in [0, 0.1) is 5.82 Å². The van der Waals surface area contributed by atoms with Crippen LogP contribution in [0.3, 0.4) is 0 Å². The van der Waals surface area contributed by atoms with Gasteiger partial charge in [0.05, 0.1) is 11.6 Å². The van der Waals surface area contributed by atoms with Crippen LogP contribution in [0.15, 0.2) is 67.1 Å². The highest BCUT2D eigenvalue weighted by Gasteiger charge is 2.29. The van der Waals surface area contributed by atoms with Crippen LogP contribution in [-0.2, 0) is 6.54 Å². The van der Waals surface area contributed by atoms with Crippen LogP contribution in [0.1, 0.15) is 30.1 Å². The predicted octanol–water partition coefficient (Wildman–Crippen LogP) is 4.27. The van der Waals surface area contributed by atoms with Crippen molar-refractivity contribution in [2.24, 2.45) is 0 Å². The zero-order valence-electron chi connectivity index (χ0n) is 15.4. The quantitative estimate of drug-likeness (QED) is 0.536. The fourth-order valence-corrected chi connectivity index (χ4v) is 4.04. The Hall–Kier alpha value is -3.12. The molecule has 1 aliphatic rings. The van der Waals surface area contributed by atoms with Gasteiger partial charge in [-0.2, -0.15) is 0 Å². The SMILES string of the molecule is Fc1cccc(-c2ccc3c([C@@H]4CCCN4Cc4ccncc4)nnn3c2)c1. The molecule has 0 spiro atoms. The molecule has 0 radical (unpaired) electrons. The van der Waals surface area contributed by atoms with Gasteiger partial charge in [-0.3, -0.25) is 9.88 Å². The molecule has 28 heavy (non-hydrogen) atoms. The van der Waals surface area contributed by atoms with Crippen LogP contribution >= 0.6 is 0 Å². The third kappa shape index (κ3) is 3.16. The lowest BCUT2D eigenvalue weighted by atomic mass is 10.1. The van der Waals surface area contributed by atoms with Gasteiger partial charge in [0.2, 0.25) is 0 Å². The second-order valence-electron chi connectivity index (χ2n) is 7.22. The Morgan fingerprint density at radius 1 is 1.04 bits per heavy atom. The third-order valence-corrected chi connectivity index (χ3v) is 5.41. The monoisotopic (exact) mass is 373 g/mol. The Labute approximate surface area is 162 Å². The lowest BCUT2D eigenvalue weighted by Gasteiger charge is -2.23. The number of likely N-dealkylation sites (tertiary alicyclic amines) is 1. The Morgan fingerprint density at radius 2 is 1.93 bits per heavy atom. The Kier molecular flexibility index (Phi) is 4.33. The molecule has 6 heteroatoms. The molecule has 0 N–H and O–H groups in total. The second kappa shape index (κ2) is 7.13. The first-order valence-electron chi connectivity index (χ1n) is 9.52. The number of rotatable bonds is 4. The molecular formula is C22H20FN5. The van der Waals surface area contributed by atoms with Gasteiger partial charge in [-0.15, -0.1) is 5.10 Å². The first-order chi connectivity index (χ1) is 13.8. The third-order valence-electron chi connectivity index (χ3n) is 5.41. The molecule has 1 aromatic carbocycles. The van der Waals surface area contributed by atoms with E-state index in [0.717, 1.165) is 48.3 Å². The van der Waals surface area contributed by atoms with Gasteiger partial charge in [-0.25, -0.2) is 8.91 Å². The standard InChI is InChI=1S/C22H20FN5/c23-19-4-1-3-17(13-19)18-6-7-21-22(25-26-28(21)15-18)20-5-2-12-27(20)14-16-8-10-24-11-9-16/h1,3-4,6-11,13,15,20H,2,5,12,14H2/t20-/m0/s1. The molecule has 3 aromatic heterocycles. The number of pyridine rings is 2. The van der Waals surface area contributed by atoms with E-state index < -0.39 is 0 Å². The number of hydrogen-bond donors (Lipinski definition) is 0. The molecule has 0 aliphatic carbocycles. The summed E-state index contributed by atoms with van der Waals surface area (Å²) in [5.41, 5.74) is 5.03. The molecule has 0 amide bonds. The van der Waals surface area contributed by atoms with Crippen LogP contribution in [-0.4, -0.2) is 31.3 Å². The normalized spacial score (nSPS) is 17.4. The van der Waals surface area contributed by atoms with Crippen molar-refractivity contribution in [1.29, 1.82) is 0 Å². The van der Waals surface area contributed by atoms with Crippen molar-refractivity contribution in [3.05, 3.63) is 84.2 Å². The van der Waals surface area contributed by atoms with Gasteiger partial charge in [0, 0.05) is 30.7 Å². The van der Waals surface area contributed by atoms with Crippen molar-refractivity contribution in [3.8, 4) is 11.1 Å². The van der Waals surface area contributed by atoms with Gasteiger partial charge < -0.3 is 0 Å². The Morgan fingerprint density at radius 3 is 2.79 bits per heavy atom. The average Bonchev–Trinajstić information content (AvgIpc) is 3.34. The van der Waals surface area contributed by atoms with Crippen LogP contribution in [0.4, 0.5) is 4.39 Å². The van der Waals surface area contributed by atoms with E-state index in [1.807, 2.05) is 36.8 Å². The van der Waals surface area contributed by atoms with Gasteiger partial charge in [0.15, 0.2) is 0 Å². The fraction of sp³-hybridized carbons (Fsp3) is 0.227. The first kappa shape index (κ1) is 17.0. The molecule has 0 saturated carbocycles. The Balaban J connectivity index is 1.46. The molecule has 0 bridgehead atoms. The molecule has 1 aliphatic heterocycles. The Bertz CT molecular complexity index is 1110. The van der Waals surface area contributed by atoms with E-state index in [9.17, 15) is 4.39 Å². The lowest BCUT2D eigenvalue weighted by Crippen LogP contribution is -2.23. The van der Waals surface area contributed by atoms with Crippen molar-refractivity contribution in [1.82, 2.24) is 24.7 Å². The topological polar surface area (TPSA) is 46.3 Å². The smallest absolute Gasteiger partial charge is 0.123 e. The molecule has 5 rings (SSSR count). The number of nitrogens with zero attached hydrogens (tertiary/aromatic N) is 5. The summed E-state index contributed by atoms with van der Waals surface area (Å²) in [5.74, 6) is -0.241. The number of halogens is 1. The molecule has 0 unspecified atom stereocenters. The van der Waals surface area contributed by atoms with E-state index in [1.165, 1.54) is 17.7 Å². The fourth-order valence-electron chi connectivity index (χ4n) is 4.04. The maximum atomic E-state index is 13.6. The highest BCUT2D eigenvalue weighted by molar-refractivity contribution is 5.66. The molecular weight excluding hydrogens is 353 g/mol. The van der Waals surface area contributed by atoms with E-state index in [1.54, 1.807) is 10.6 Å². The van der Waals surface area contributed by atoms with Crippen LogP contribution in [0.25, 0.3) is 16.6 Å². The van der Waals surface area contributed by atoms with Gasteiger partial charge in [-0.05, 0) is 60.8 Å². The predicted molar refractivity (Wildman–Crippen MR) is 105 cm³/mol. The average molecular weight is 373 g/mol. The lowest BCUT2D eigenvalue weighted by molar-refractivity contribution is 0.245.